The second kappa shape index (κ2) is 8.23. The van der Waals surface area contributed by atoms with Crippen molar-refractivity contribution in [2.75, 3.05) is 39.3 Å². The van der Waals surface area contributed by atoms with Crippen LogP contribution in [0.4, 0.5) is 0 Å². The molecule has 1 aromatic carbocycles. The zero-order chi connectivity index (χ0) is 15.9. The number of piperazine rings is 1. The normalized spacial score (nSPS) is 18.0. The molecule has 1 aliphatic heterocycles. The summed E-state index contributed by atoms with van der Waals surface area (Å²) in [6, 6.07) is 15.0. The van der Waals surface area contributed by atoms with Crippen LogP contribution in [0.3, 0.4) is 0 Å². The third-order valence-corrected chi connectivity index (χ3v) is 4.81. The Bertz CT molecular complexity index is 562. The van der Waals surface area contributed by atoms with Gasteiger partial charge in [-0.3, -0.25) is 4.98 Å². The largest absolute Gasteiger partial charge is 0.300 e. The van der Waals surface area contributed by atoms with Crippen LogP contribution in [-0.4, -0.2) is 54.1 Å². The summed E-state index contributed by atoms with van der Waals surface area (Å²) in [5.74, 6) is 0.555. The Morgan fingerprint density at radius 3 is 2.39 bits per heavy atom. The zero-order valence-corrected chi connectivity index (χ0v) is 14.1. The maximum atomic E-state index is 4.24. The Hall–Kier alpha value is -1.71. The average molecular weight is 309 g/mol. The van der Waals surface area contributed by atoms with E-state index in [1.807, 2.05) is 18.5 Å². The van der Waals surface area contributed by atoms with Gasteiger partial charge in [0, 0.05) is 51.7 Å². The maximum Gasteiger partial charge on any atom is 0.0303 e. The van der Waals surface area contributed by atoms with Crippen molar-refractivity contribution in [1.82, 2.24) is 14.8 Å². The van der Waals surface area contributed by atoms with Gasteiger partial charge in [0.2, 0.25) is 0 Å². The van der Waals surface area contributed by atoms with Crippen molar-refractivity contribution in [2.45, 2.75) is 19.3 Å². The molecule has 1 unspecified atom stereocenters. The van der Waals surface area contributed by atoms with E-state index in [0.717, 1.165) is 13.0 Å². The topological polar surface area (TPSA) is 19.4 Å². The van der Waals surface area contributed by atoms with Crippen LogP contribution in [0.25, 0.3) is 0 Å². The molecular formula is C20H27N3. The summed E-state index contributed by atoms with van der Waals surface area (Å²) in [6.07, 6.45) is 5.01. The minimum atomic E-state index is 0.555. The minimum Gasteiger partial charge on any atom is -0.300 e. The lowest BCUT2D eigenvalue weighted by Crippen LogP contribution is -2.47. The molecule has 0 saturated carbocycles. The summed E-state index contributed by atoms with van der Waals surface area (Å²) in [4.78, 5) is 9.43. The first kappa shape index (κ1) is 16.2. The summed E-state index contributed by atoms with van der Waals surface area (Å²) in [7, 11) is 0. The number of aromatic nitrogens is 1. The lowest BCUT2D eigenvalue weighted by atomic mass is 10.0. The first-order valence-corrected chi connectivity index (χ1v) is 8.70. The fourth-order valence-electron chi connectivity index (χ4n) is 3.29. The van der Waals surface area contributed by atoms with Crippen LogP contribution in [0.1, 0.15) is 24.0 Å². The van der Waals surface area contributed by atoms with Gasteiger partial charge in [0.25, 0.3) is 0 Å². The van der Waals surface area contributed by atoms with E-state index in [-0.39, 0.29) is 0 Å². The first-order chi connectivity index (χ1) is 11.3. The molecule has 1 fully saturated rings. The molecule has 0 aliphatic carbocycles. The molecule has 0 bridgehead atoms. The van der Waals surface area contributed by atoms with Gasteiger partial charge in [0.05, 0.1) is 0 Å². The predicted octanol–water partition coefficient (Wildman–Crippen LogP) is 3.05. The quantitative estimate of drug-likeness (QED) is 0.817. The smallest absolute Gasteiger partial charge is 0.0303 e. The molecule has 23 heavy (non-hydrogen) atoms. The molecule has 3 nitrogen and oxygen atoms in total. The molecule has 122 valence electrons. The second-order valence-corrected chi connectivity index (χ2v) is 6.57. The zero-order valence-electron chi connectivity index (χ0n) is 14.1. The van der Waals surface area contributed by atoms with Crippen LogP contribution in [0, 0.1) is 0 Å². The van der Waals surface area contributed by atoms with E-state index in [2.05, 4.69) is 58.1 Å². The third-order valence-electron chi connectivity index (χ3n) is 4.81. The van der Waals surface area contributed by atoms with Crippen molar-refractivity contribution in [3.63, 3.8) is 0 Å². The highest BCUT2D eigenvalue weighted by Crippen LogP contribution is 2.16. The van der Waals surface area contributed by atoms with Gasteiger partial charge in [-0.05, 0) is 29.5 Å². The van der Waals surface area contributed by atoms with E-state index in [1.165, 1.54) is 43.9 Å². The Labute approximate surface area is 140 Å². The van der Waals surface area contributed by atoms with Gasteiger partial charge in [-0.25, -0.2) is 0 Å². The van der Waals surface area contributed by atoms with Crippen LogP contribution < -0.4 is 0 Å². The fourth-order valence-corrected chi connectivity index (χ4v) is 3.29. The molecule has 3 rings (SSSR count). The molecule has 1 saturated heterocycles. The first-order valence-electron chi connectivity index (χ1n) is 8.70. The fraction of sp³-hybridized carbons (Fsp3) is 0.450. The SMILES string of the molecule is CC(CN1CCN(CCc2ccccc2)CC1)c1cccnc1. The number of nitrogens with zero attached hydrogens (tertiary/aromatic N) is 3. The van der Waals surface area contributed by atoms with Gasteiger partial charge < -0.3 is 9.80 Å². The number of benzene rings is 1. The van der Waals surface area contributed by atoms with Crippen LogP contribution in [0.5, 0.6) is 0 Å². The van der Waals surface area contributed by atoms with E-state index in [1.54, 1.807) is 0 Å². The van der Waals surface area contributed by atoms with E-state index >= 15 is 0 Å². The van der Waals surface area contributed by atoms with E-state index < -0.39 is 0 Å². The molecular weight excluding hydrogens is 282 g/mol. The molecule has 0 N–H and O–H groups in total. The number of rotatable bonds is 6. The highest BCUT2D eigenvalue weighted by atomic mass is 15.3. The molecule has 0 amide bonds. The van der Waals surface area contributed by atoms with Crippen molar-refractivity contribution >= 4 is 0 Å². The molecule has 0 spiro atoms. The van der Waals surface area contributed by atoms with Crippen LogP contribution in [0.2, 0.25) is 0 Å². The molecule has 1 aromatic heterocycles. The van der Waals surface area contributed by atoms with E-state index in [4.69, 9.17) is 0 Å². The summed E-state index contributed by atoms with van der Waals surface area (Å²) in [5.41, 5.74) is 2.79. The van der Waals surface area contributed by atoms with Crippen LogP contribution in [-0.2, 0) is 6.42 Å². The van der Waals surface area contributed by atoms with Gasteiger partial charge in [-0.2, -0.15) is 0 Å². The van der Waals surface area contributed by atoms with Crippen molar-refractivity contribution in [3.8, 4) is 0 Å². The highest BCUT2D eigenvalue weighted by molar-refractivity contribution is 5.15. The molecule has 0 radical (unpaired) electrons. The monoisotopic (exact) mass is 309 g/mol. The van der Waals surface area contributed by atoms with Gasteiger partial charge in [-0.15, -0.1) is 0 Å². The lowest BCUT2D eigenvalue weighted by molar-refractivity contribution is 0.129. The van der Waals surface area contributed by atoms with Gasteiger partial charge in [0.1, 0.15) is 0 Å². The van der Waals surface area contributed by atoms with Crippen molar-refractivity contribution in [2.24, 2.45) is 0 Å². The number of pyridine rings is 1. The molecule has 1 atom stereocenters. The Morgan fingerprint density at radius 2 is 1.70 bits per heavy atom. The molecule has 2 heterocycles. The van der Waals surface area contributed by atoms with Gasteiger partial charge in [-0.1, -0.05) is 43.3 Å². The highest BCUT2D eigenvalue weighted by Gasteiger charge is 2.18. The predicted molar refractivity (Wildman–Crippen MR) is 95.7 cm³/mol. The summed E-state index contributed by atoms with van der Waals surface area (Å²) in [6.45, 7) is 9.35. The average Bonchev–Trinajstić information content (AvgIpc) is 2.63. The van der Waals surface area contributed by atoms with E-state index in [9.17, 15) is 0 Å². The summed E-state index contributed by atoms with van der Waals surface area (Å²) < 4.78 is 0. The molecule has 1 aliphatic rings. The standard InChI is InChI=1S/C20H27N3/c1-18(20-8-5-10-21-16-20)17-23-14-12-22(13-15-23)11-9-19-6-3-2-4-7-19/h2-8,10,16,18H,9,11-15,17H2,1H3. The van der Waals surface area contributed by atoms with Gasteiger partial charge >= 0.3 is 0 Å². The summed E-state index contributed by atoms with van der Waals surface area (Å²) in [5, 5.41) is 0. The Balaban J connectivity index is 1.40. The Kier molecular flexibility index (Phi) is 5.78. The Morgan fingerprint density at radius 1 is 0.957 bits per heavy atom. The van der Waals surface area contributed by atoms with Crippen molar-refractivity contribution in [3.05, 3.63) is 66.0 Å². The minimum absolute atomic E-state index is 0.555. The summed E-state index contributed by atoms with van der Waals surface area (Å²) >= 11 is 0. The van der Waals surface area contributed by atoms with Gasteiger partial charge in [0.15, 0.2) is 0 Å². The molecule has 3 heteroatoms. The van der Waals surface area contributed by atoms with E-state index in [0.29, 0.717) is 5.92 Å². The second-order valence-electron chi connectivity index (χ2n) is 6.57. The van der Waals surface area contributed by atoms with Crippen LogP contribution in [0.15, 0.2) is 54.9 Å². The van der Waals surface area contributed by atoms with Crippen LogP contribution >= 0.6 is 0 Å². The third kappa shape index (κ3) is 4.88. The number of hydrogen-bond acceptors (Lipinski definition) is 3. The van der Waals surface area contributed by atoms with Crippen molar-refractivity contribution < 1.29 is 0 Å². The number of hydrogen-bond donors (Lipinski definition) is 0. The molecule has 2 aromatic rings. The van der Waals surface area contributed by atoms with Crippen molar-refractivity contribution in [1.29, 1.82) is 0 Å². The lowest BCUT2D eigenvalue weighted by Gasteiger charge is -2.36. The maximum absolute atomic E-state index is 4.24.